The van der Waals surface area contributed by atoms with Crippen LogP contribution in [0.4, 0.5) is 23.7 Å². The van der Waals surface area contributed by atoms with E-state index in [4.69, 9.17) is 0 Å². The van der Waals surface area contributed by atoms with Crippen LogP contribution in [-0.2, 0) is 0 Å². The zero-order chi connectivity index (χ0) is 24.6. The number of benzene rings is 2. The number of Topliss-reactive ketones (excluding diaryl/α,β-unsaturated/α-hetero) is 1. The van der Waals surface area contributed by atoms with Gasteiger partial charge < -0.3 is 14.9 Å². The van der Waals surface area contributed by atoms with Gasteiger partial charge in [-0.15, -0.1) is 0 Å². The topological polar surface area (TPSA) is 64.1 Å². The Balaban J connectivity index is 2.20. The van der Waals surface area contributed by atoms with Gasteiger partial charge in [-0.25, -0.2) is 4.79 Å². The molecule has 1 heterocycles. The van der Waals surface area contributed by atoms with Crippen molar-refractivity contribution >= 4 is 17.5 Å². The number of hydrogen-bond acceptors (Lipinski definition) is 4. The lowest BCUT2D eigenvalue weighted by Gasteiger charge is -2.53. The van der Waals surface area contributed by atoms with Gasteiger partial charge in [0.2, 0.25) is 0 Å². The second kappa shape index (κ2) is 9.05. The first-order valence-electron chi connectivity index (χ1n) is 10.7. The summed E-state index contributed by atoms with van der Waals surface area (Å²) in [6, 6.07) is 11.8. The van der Waals surface area contributed by atoms with Crippen LogP contribution in [0.1, 0.15) is 35.8 Å². The zero-order valence-corrected chi connectivity index (χ0v) is 19.0. The Morgan fingerprint density at radius 2 is 1.58 bits per heavy atom. The highest BCUT2D eigenvalue weighted by atomic mass is 19.4. The lowest BCUT2D eigenvalue weighted by Crippen LogP contribution is -2.73. The standard InChI is InChI=1S/C24H28F3N3O3/c1-5-30(6-2)18-14-12-16(13-15-18)20-19(21(31)17-10-8-7-9-11-17)23(33,24(25,26)27)29(4)22(32)28(20)3/h7-15,19-20,33H,5-6H2,1-4H3. The first-order valence-corrected chi connectivity index (χ1v) is 10.7. The van der Waals surface area contributed by atoms with E-state index in [1.165, 1.54) is 31.3 Å². The Bertz CT molecular complexity index is 994. The van der Waals surface area contributed by atoms with E-state index >= 15 is 0 Å². The summed E-state index contributed by atoms with van der Waals surface area (Å²) < 4.78 is 43.0. The monoisotopic (exact) mass is 463 g/mol. The van der Waals surface area contributed by atoms with Crippen LogP contribution >= 0.6 is 0 Å². The molecule has 0 aromatic heterocycles. The molecule has 178 valence electrons. The Kier molecular flexibility index (Phi) is 6.74. The van der Waals surface area contributed by atoms with Gasteiger partial charge in [0.1, 0.15) is 5.92 Å². The van der Waals surface area contributed by atoms with Crippen LogP contribution in [0.2, 0.25) is 0 Å². The Morgan fingerprint density at radius 3 is 2.06 bits per heavy atom. The molecule has 0 radical (unpaired) electrons. The lowest BCUT2D eigenvalue weighted by atomic mass is 9.75. The van der Waals surface area contributed by atoms with Crippen molar-refractivity contribution in [1.29, 1.82) is 0 Å². The fourth-order valence-corrected chi connectivity index (χ4v) is 4.52. The largest absolute Gasteiger partial charge is 0.437 e. The van der Waals surface area contributed by atoms with E-state index in [0.717, 1.165) is 30.7 Å². The van der Waals surface area contributed by atoms with Crippen LogP contribution in [0.15, 0.2) is 54.6 Å². The molecule has 0 saturated carbocycles. The summed E-state index contributed by atoms with van der Waals surface area (Å²) in [5, 5.41) is 11.0. The Hall–Kier alpha value is -3.07. The highest BCUT2D eigenvalue weighted by Crippen LogP contribution is 2.50. The molecule has 33 heavy (non-hydrogen) atoms. The Labute approximate surface area is 191 Å². The van der Waals surface area contributed by atoms with Crippen molar-refractivity contribution in [2.45, 2.75) is 31.8 Å². The van der Waals surface area contributed by atoms with Gasteiger partial charge in [-0.2, -0.15) is 13.2 Å². The third kappa shape index (κ3) is 4.06. The number of halogens is 3. The van der Waals surface area contributed by atoms with Crippen LogP contribution in [-0.4, -0.2) is 65.8 Å². The van der Waals surface area contributed by atoms with Gasteiger partial charge in [0.05, 0.1) is 6.04 Å². The average molecular weight is 464 g/mol. The molecule has 1 saturated heterocycles. The summed E-state index contributed by atoms with van der Waals surface area (Å²) in [6.07, 6.45) is -5.27. The number of carbonyl (C=O) groups is 2. The summed E-state index contributed by atoms with van der Waals surface area (Å²) in [6.45, 7) is 5.45. The van der Waals surface area contributed by atoms with E-state index in [1.807, 2.05) is 13.8 Å². The third-order valence-electron chi connectivity index (χ3n) is 6.39. The van der Waals surface area contributed by atoms with Crippen molar-refractivity contribution in [2.24, 2.45) is 5.92 Å². The molecule has 0 aliphatic carbocycles. The van der Waals surface area contributed by atoms with Crippen molar-refractivity contribution in [3.8, 4) is 0 Å². The highest BCUT2D eigenvalue weighted by molar-refractivity contribution is 6.00. The van der Waals surface area contributed by atoms with Crippen LogP contribution in [0.3, 0.4) is 0 Å². The highest BCUT2D eigenvalue weighted by Gasteiger charge is 2.70. The Morgan fingerprint density at radius 1 is 1.03 bits per heavy atom. The van der Waals surface area contributed by atoms with Gasteiger partial charge in [0.15, 0.2) is 5.78 Å². The van der Waals surface area contributed by atoms with Gasteiger partial charge in [-0.1, -0.05) is 42.5 Å². The second-order valence-electron chi connectivity index (χ2n) is 8.09. The van der Waals surface area contributed by atoms with E-state index in [9.17, 15) is 27.9 Å². The summed E-state index contributed by atoms with van der Waals surface area (Å²) in [4.78, 5) is 29.6. The molecule has 1 aliphatic rings. The van der Waals surface area contributed by atoms with Crippen molar-refractivity contribution in [2.75, 3.05) is 32.1 Å². The molecule has 1 fully saturated rings. The predicted octanol–water partition coefficient (Wildman–Crippen LogP) is 4.32. The molecule has 3 unspecified atom stereocenters. The zero-order valence-electron chi connectivity index (χ0n) is 19.0. The van der Waals surface area contributed by atoms with E-state index in [0.29, 0.717) is 5.56 Å². The van der Waals surface area contributed by atoms with Crippen LogP contribution in [0.25, 0.3) is 0 Å². The maximum atomic E-state index is 14.3. The predicted molar refractivity (Wildman–Crippen MR) is 119 cm³/mol. The van der Waals surface area contributed by atoms with Gasteiger partial charge in [-0.05, 0) is 31.5 Å². The fourth-order valence-electron chi connectivity index (χ4n) is 4.52. The van der Waals surface area contributed by atoms with Crippen molar-refractivity contribution in [3.05, 3.63) is 65.7 Å². The summed E-state index contributed by atoms with van der Waals surface area (Å²) in [5.74, 6) is -2.91. The molecule has 9 heteroatoms. The minimum atomic E-state index is -5.27. The quantitative estimate of drug-likeness (QED) is 0.648. The first-order chi connectivity index (χ1) is 15.5. The van der Waals surface area contributed by atoms with Crippen molar-refractivity contribution < 1.29 is 27.9 Å². The van der Waals surface area contributed by atoms with Gasteiger partial charge in [0.25, 0.3) is 5.72 Å². The first kappa shape index (κ1) is 24.6. The number of ketones is 1. The average Bonchev–Trinajstić information content (AvgIpc) is 2.80. The number of hydrogen-bond donors (Lipinski definition) is 1. The number of nitrogens with zero attached hydrogens (tertiary/aromatic N) is 3. The minimum Gasteiger partial charge on any atom is -0.372 e. The third-order valence-corrected chi connectivity index (χ3v) is 6.39. The minimum absolute atomic E-state index is 0.0195. The molecular formula is C24H28F3N3O3. The van der Waals surface area contributed by atoms with E-state index < -0.39 is 35.7 Å². The second-order valence-corrected chi connectivity index (χ2v) is 8.09. The number of amides is 2. The SMILES string of the molecule is CCN(CC)c1ccc(C2C(C(=O)c3ccccc3)C(O)(C(F)(F)F)N(C)C(=O)N2C)cc1. The van der Waals surface area contributed by atoms with E-state index in [2.05, 4.69) is 4.90 Å². The molecule has 2 aromatic rings. The number of rotatable bonds is 6. The number of aliphatic hydroxyl groups is 1. The van der Waals surface area contributed by atoms with Gasteiger partial charge >= 0.3 is 12.2 Å². The maximum Gasteiger partial charge on any atom is 0.437 e. The molecule has 3 atom stereocenters. The van der Waals surface area contributed by atoms with Crippen molar-refractivity contribution in [3.63, 3.8) is 0 Å². The van der Waals surface area contributed by atoms with E-state index in [-0.39, 0.29) is 10.5 Å². The molecule has 1 N–H and O–H groups in total. The number of anilines is 1. The molecule has 1 aliphatic heterocycles. The molecule has 3 rings (SSSR count). The van der Waals surface area contributed by atoms with Gasteiger partial charge in [-0.3, -0.25) is 9.69 Å². The fraction of sp³-hybridized carbons (Fsp3) is 0.417. The number of carbonyl (C=O) groups excluding carboxylic acids is 2. The molecule has 6 nitrogen and oxygen atoms in total. The maximum absolute atomic E-state index is 14.3. The number of urea groups is 1. The van der Waals surface area contributed by atoms with Crippen LogP contribution in [0, 0.1) is 5.92 Å². The smallest absolute Gasteiger partial charge is 0.372 e. The van der Waals surface area contributed by atoms with Crippen LogP contribution < -0.4 is 4.90 Å². The normalized spacial score (nSPS) is 23.6. The van der Waals surface area contributed by atoms with E-state index in [1.54, 1.807) is 30.3 Å². The lowest BCUT2D eigenvalue weighted by molar-refractivity contribution is -0.328. The van der Waals surface area contributed by atoms with Crippen LogP contribution in [0.5, 0.6) is 0 Å². The summed E-state index contributed by atoms with van der Waals surface area (Å²) >= 11 is 0. The molecule has 0 spiro atoms. The summed E-state index contributed by atoms with van der Waals surface area (Å²) in [5.41, 5.74) is -2.48. The molecule has 2 aromatic carbocycles. The molecule has 0 bridgehead atoms. The summed E-state index contributed by atoms with van der Waals surface area (Å²) in [7, 11) is 2.19. The van der Waals surface area contributed by atoms with Crippen molar-refractivity contribution in [1.82, 2.24) is 9.80 Å². The van der Waals surface area contributed by atoms with Gasteiger partial charge in [0, 0.05) is 38.4 Å². The number of alkyl halides is 3. The molecular weight excluding hydrogens is 435 g/mol. The molecule has 2 amide bonds.